The van der Waals surface area contributed by atoms with Crippen LogP contribution in [0.15, 0.2) is 42.5 Å². The molecule has 1 fully saturated rings. The monoisotopic (exact) mass is 299 g/mol. The Kier molecular flexibility index (Phi) is 3.96. The van der Waals surface area contributed by atoms with E-state index in [0.717, 1.165) is 16.5 Å². The molecule has 0 saturated heterocycles. The molecular weight excluding hydrogens is 282 g/mol. The average molecular weight is 299 g/mol. The van der Waals surface area contributed by atoms with Gasteiger partial charge in [-0.2, -0.15) is 0 Å². The van der Waals surface area contributed by atoms with Gasteiger partial charge in [-0.05, 0) is 17.9 Å². The quantitative estimate of drug-likeness (QED) is 0.801. The van der Waals surface area contributed by atoms with Gasteiger partial charge in [-0.15, -0.1) is 0 Å². The standard InChI is InChI=1S/C17H17NO4/c19-16(13-10-14(13)17(20)21)18-8-9-22-15-7-3-5-11-4-1-2-6-12(11)15/h1-7,13-14H,8-10H2,(H,18,19)(H,20,21). The van der Waals surface area contributed by atoms with Crippen LogP contribution in [0.5, 0.6) is 5.75 Å². The third-order valence-corrected chi connectivity index (χ3v) is 3.85. The van der Waals surface area contributed by atoms with Gasteiger partial charge in [-0.3, -0.25) is 9.59 Å². The molecule has 2 aromatic carbocycles. The highest BCUT2D eigenvalue weighted by molar-refractivity contribution is 5.89. The van der Waals surface area contributed by atoms with E-state index in [2.05, 4.69) is 5.32 Å². The SMILES string of the molecule is O=C(O)C1CC1C(=O)NCCOc1cccc2ccccc12. The first kappa shape index (κ1) is 14.4. The fourth-order valence-electron chi connectivity index (χ4n) is 2.55. The molecule has 1 aliphatic carbocycles. The number of carbonyl (C=O) groups excluding carboxylic acids is 1. The minimum Gasteiger partial charge on any atom is -0.491 e. The van der Waals surface area contributed by atoms with Crippen molar-refractivity contribution in [3.63, 3.8) is 0 Å². The predicted molar refractivity (Wildman–Crippen MR) is 81.7 cm³/mol. The van der Waals surface area contributed by atoms with Gasteiger partial charge in [-0.25, -0.2) is 0 Å². The van der Waals surface area contributed by atoms with Crippen LogP contribution in [-0.2, 0) is 9.59 Å². The number of hydrogen-bond donors (Lipinski definition) is 2. The fourth-order valence-corrected chi connectivity index (χ4v) is 2.55. The number of carboxylic acid groups (broad SMARTS) is 1. The second-order valence-corrected chi connectivity index (χ2v) is 5.40. The van der Waals surface area contributed by atoms with Gasteiger partial charge < -0.3 is 15.2 Å². The summed E-state index contributed by atoms with van der Waals surface area (Å²) in [5.74, 6) is -1.21. The van der Waals surface area contributed by atoms with Crippen molar-refractivity contribution in [2.75, 3.05) is 13.2 Å². The van der Waals surface area contributed by atoms with E-state index >= 15 is 0 Å². The topological polar surface area (TPSA) is 75.6 Å². The summed E-state index contributed by atoms with van der Waals surface area (Å²) in [6.45, 7) is 0.717. The molecule has 2 atom stereocenters. The molecule has 114 valence electrons. The molecule has 5 heteroatoms. The maximum absolute atomic E-state index is 11.7. The van der Waals surface area contributed by atoms with Gasteiger partial charge in [0.1, 0.15) is 12.4 Å². The molecule has 0 bridgehead atoms. The highest BCUT2D eigenvalue weighted by Gasteiger charge is 2.48. The number of rotatable bonds is 6. The molecule has 2 aromatic rings. The lowest BCUT2D eigenvalue weighted by Gasteiger charge is -2.10. The van der Waals surface area contributed by atoms with Crippen LogP contribution in [0.25, 0.3) is 10.8 Å². The molecule has 1 amide bonds. The summed E-state index contributed by atoms with van der Waals surface area (Å²) < 4.78 is 5.71. The highest BCUT2D eigenvalue weighted by atomic mass is 16.5. The summed E-state index contributed by atoms with van der Waals surface area (Å²) >= 11 is 0. The molecule has 2 N–H and O–H groups in total. The van der Waals surface area contributed by atoms with Gasteiger partial charge in [0.2, 0.25) is 5.91 Å². The van der Waals surface area contributed by atoms with Crippen molar-refractivity contribution < 1.29 is 19.4 Å². The highest BCUT2D eigenvalue weighted by Crippen LogP contribution is 2.38. The van der Waals surface area contributed by atoms with Gasteiger partial charge in [0.15, 0.2) is 0 Å². The first-order valence-electron chi connectivity index (χ1n) is 7.28. The molecule has 22 heavy (non-hydrogen) atoms. The molecule has 1 saturated carbocycles. The second kappa shape index (κ2) is 6.05. The molecule has 0 heterocycles. The number of fused-ring (bicyclic) bond motifs is 1. The van der Waals surface area contributed by atoms with E-state index in [0.29, 0.717) is 19.6 Å². The number of carbonyl (C=O) groups is 2. The minimum absolute atomic E-state index is 0.200. The zero-order chi connectivity index (χ0) is 15.5. The molecule has 0 radical (unpaired) electrons. The first-order chi connectivity index (χ1) is 10.7. The van der Waals surface area contributed by atoms with E-state index in [1.165, 1.54) is 0 Å². The Morgan fingerprint density at radius 2 is 1.91 bits per heavy atom. The van der Waals surface area contributed by atoms with Crippen molar-refractivity contribution in [3.8, 4) is 5.75 Å². The lowest BCUT2D eigenvalue weighted by molar-refractivity contribution is -0.140. The van der Waals surface area contributed by atoms with Crippen molar-refractivity contribution in [3.05, 3.63) is 42.5 Å². The van der Waals surface area contributed by atoms with Crippen molar-refractivity contribution >= 4 is 22.6 Å². The zero-order valence-corrected chi connectivity index (χ0v) is 12.0. The Morgan fingerprint density at radius 3 is 2.68 bits per heavy atom. The first-order valence-corrected chi connectivity index (χ1v) is 7.28. The van der Waals surface area contributed by atoms with Crippen LogP contribution in [0.3, 0.4) is 0 Å². The Balaban J connectivity index is 1.49. The van der Waals surface area contributed by atoms with Crippen LogP contribution >= 0.6 is 0 Å². The number of hydrogen-bond acceptors (Lipinski definition) is 3. The predicted octanol–water partition coefficient (Wildman–Crippen LogP) is 2.06. The second-order valence-electron chi connectivity index (χ2n) is 5.40. The molecule has 5 nitrogen and oxygen atoms in total. The number of aliphatic carboxylic acids is 1. The van der Waals surface area contributed by atoms with E-state index in [-0.39, 0.29) is 11.8 Å². The number of nitrogens with one attached hydrogen (secondary N) is 1. The summed E-state index contributed by atoms with van der Waals surface area (Å²) in [5.41, 5.74) is 0. The van der Waals surface area contributed by atoms with E-state index in [4.69, 9.17) is 9.84 Å². The molecule has 0 aromatic heterocycles. The Morgan fingerprint density at radius 1 is 1.14 bits per heavy atom. The van der Waals surface area contributed by atoms with Crippen molar-refractivity contribution in [1.29, 1.82) is 0 Å². The largest absolute Gasteiger partial charge is 0.491 e. The van der Waals surface area contributed by atoms with Crippen molar-refractivity contribution in [2.45, 2.75) is 6.42 Å². The Hall–Kier alpha value is -2.56. The van der Waals surface area contributed by atoms with Crippen LogP contribution in [-0.4, -0.2) is 30.1 Å². The minimum atomic E-state index is -0.896. The molecule has 0 spiro atoms. The van der Waals surface area contributed by atoms with Crippen LogP contribution in [0.2, 0.25) is 0 Å². The van der Waals surface area contributed by atoms with Gasteiger partial charge in [-0.1, -0.05) is 36.4 Å². The maximum Gasteiger partial charge on any atom is 0.307 e. The summed E-state index contributed by atoms with van der Waals surface area (Å²) in [7, 11) is 0. The maximum atomic E-state index is 11.7. The number of carboxylic acids is 1. The van der Waals surface area contributed by atoms with Crippen molar-refractivity contribution in [2.24, 2.45) is 11.8 Å². The molecule has 3 rings (SSSR count). The van der Waals surface area contributed by atoms with E-state index in [1.807, 2.05) is 42.5 Å². The lowest BCUT2D eigenvalue weighted by atomic mass is 10.1. The summed E-state index contributed by atoms with van der Waals surface area (Å²) in [5, 5.41) is 13.6. The van der Waals surface area contributed by atoms with Crippen LogP contribution in [0.1, 0.15) is 6.42 Å². The van der Waals surface area contributed by atoms with Gasteiger partial charge in [0.05, 0.1) is 18.4 Å². The Labute approximate surface area is 127 Å². The van der Waals surface area contributed by atoms with Gasteiger partial charge >= 0.3 is 5.97 Å². The molecular formula is C17H17NO4. The van der Waals surface area contributed by atoms with Crippen LogP contribution < -0.4 is 10.1 Å². The molecule has 2 unspecified atom stereocenters. The third kappa shape index (κ3) is 3.03. The number of benzene rings is 2. The summed E-state index contributed by atoms with van der Waals surface area (Å²) in [6.07, 6.45) is 0.436. The van der Waals surface area contributed by atoms with E-state index in [9.17, 15) is 9.59 Å². The summed E-state index contributed by atoms with van der Waals surface area (Å²) in [4.78, 5) is 22.4. The van der Waals surface area contributed by atoms with Gasteiger partial charge in [0.25, 0.3) is 0 Å². The average Bonchev–Trinajstić information content (AvgIpc) is 3.32. The normalized spacial score (nSPS) is 19.6. The smallest absolute Gasteiger partial charge is 0.307 e. The number of ether oxygens (including phenoxy) is 1. The lowest BCUT2D eigenvalue weighted by Crippen LogP contribution is -2.30. The fraction of sp³-hybridized carbons (Fsp3) is 0.294. The van der Waals surface area contributed by atoms with E-state index < -0.39 is 11.9 Å². The van der Waals surface area contributed by atoms with E-state index in [1.54, 1.807) is 0 Å². The molecule has 1 aliphatic rings. The summed E-state index contributed by atoms with van der Waals surface area (Å²) in [6, 6.07) is 13.8. The number of amides is 1. The van der Waals surface area contributed by atoms with Crippen LogP contribution in [0.4, 0.5) is 0 Å². The molecule has 0 aliphatic heterocycles. The zero-order valence-electron chi connectivity index (χ0n) is 12.0. The van der Waals surface area contributed by atoms with Crippen LogP contribution in [0, 0.1) is 11.8 Å². The van der Waals surface area contributed by atoms with Gasteiger partial charge in [0, 0.05) is 5.39 Å². The Bertz CT molecular complexity index is 707. The third-order valence-electron chi connectivity index (χ3n) is 3.85. The van der Waals surface area contributed by atoms with Crippen molar-refractivity contribution in [1.82, 2.24) is 5.32 Å².